The molecular formula is C7H8N4. The lowest BCUT2D eigenvalue weighted by Crippen LogP contribution is -1.93. The van der Waals surface area contributed by atoms with Crippen molar-refractivity contribution >= 4 is 5.65 Å². The SMILES string of the molecule is CCc1cc2ncnn2cn1. The molecule has 2 aromatic heterocycles. The molecule has 0 atom stereocenters. The zero-order valence-corrected chi connectivity index (χ0v) is 6.23. The third kappa shape index (κ3) is 0.960. The Morgan fingerprint density at radius 1 is 1.45 bits per heavy atom. The van der Waals surface area contributed by atoms with E-state index >= 15 is 0 Å². The van der Waals surface area contributed by atoms with Crippen molar-refractivity contribution in [2.45, 2.75) is 13.3 Å². The van der Waals surface area contributed by atoms with Gasteiger partial charge in [0.2, 0.25) is 0 Å². The molecule has 0 aliphatic heterocycles. The van der Waals surface area contributed by atoms with Crippen LogP contribution in [0.1, 0.15) is 12.6 Å². The number of fused-ring (bicyclic) bond motifs is 1. The number of rotatable bonds is 1. The molecule has 2 aromatic rings. The zero-order chi connectivity index (χ0) is 7.68. The average molecular weight is 148 g/mol. The second-order valence-electron chi connectivity index (χ2n) is 2.30. The summed E-state index contributed by atoms with van der Waals surface area (Å²) in [6.07, 6.45) is 4.14. The second-order valence-corrected chi connectivity index (χ2v) is 2.30. The van der Waals surface area contributed by atoms with Crippen molar-refractivity contribution in [1.82, 2.24) is 19.6 Å². The van der Waals surface area contributed by atoms with E-state index in [0.29, 0.717) is 0 Å². The molecule has 0 saturated carbocycles. The van der Waals surface area contributed by atoms with Crippen molar-refractivity contribution in [3.05, 3.63) is 24.4 Å². The lowest BCUT2D eigenvalue weighted by atomic mass is 10.3. The van der Waals surface area contributed by atoms with Gasteiger partial charge in [0.15, 0.2) is 5.65 Å². The second kappa shape index (κ2) is 2.30. The molecule has 0 radical (unpaired) electrons. The van der Waals surface area contributed by atoms with Crippen molar-refractivity contribution < 1.29 is 0 Å². The van der Waals surface area contributed by atoms with E-state index in [9.17, 15) is 0 Å². The van der Waals surface area contributed by atoms with Gasteiger partial charge in [-0.15, -0.1) is 0 Å². The van der Waals surface area contributed by atoms with Crippen LogP contribution in [0.2, 0.25) is 0 Å². The van der Waals surface area contributed by atoms with E-state index < -0.39 is 0 Å². The molecule has 2 heterocycles. The van der Waals surface area contributed by atoms with Gasteiger partial charge in [0.25, 0.3) is 0 Å². The first kappa shape index (κ1) is 6.27. The molecular weight excluding hydrogens is 140 g/mol. The summed E-state index contributed by atoms with van der Waals surface area (Å²) in [7, 11) is 0. The summed E-state index contributed by atoms with van der Waals surface area (Å²) < 4.78 is 1.65. The first-order chi connectivity index (χ1) is 5.40. The van der Waals surface area contributed by atoms with Crippen LogP contribution in [-0.2, 0) is 6.42 Å². The van der Waals surface area contributed by atoms with Gasteiger partial charge in [-0.3, -0.25) is 0 Å². The minimum absolute atomic E-state index is 0.858. The van der Waals surface area contributed by atoms with Crippen molar-refractivity contribution in [2.75, 3.05) is 0 Å². The fraction of sp³-hybridized carbons (Fsp3) is 0.286. The van der Waals surface area contributed by atoms with Crippen LogP contribution < -0.4 is 0 Å². The van der Waals surface area contributed by atoms with Crippen LogP contribution in [-0.4, -0.2) is 19.6 Å². The summed E-state index contributed by atoms with van der Waals surface area (Å²) in [5, 5.41) is 3.94. The molecule has 0 unspecified atom stereocenters. The monoisotopic (exact) mass is 148 g/mol. The molecule has 0 saturated heterocycles. The first-order valence-corrected chi connectivity index (χ1v) is 3.54. The van der Waals surface area contributed by atoms with E-state index in [2.05, 4.69) is 22.0 Å². The molecule has 11 heavy (non-hydrogen) atoms. The predicted molar refractivity (Wildman–Crippen MR) is 40.2 cm³/mol. The maximum atomic E-state index is 4.16. The highest BCUT2D eigenvalue weighted by atomic mass is 15.3. The molecule has 0 aliphatic carbocycles. The molecule has 4 heteroatoms. The zero-order valence-electron chi connectivity index (χ0n) is 6.23. The van der Waals surface area contributed by atoms with Crippen LogP contribution in [0.4, 0.5) is 0 Å². The van der Waals surface area contributed by atoms with Crippen LogP contribution in [0, 0.1) is 0 Å². The van der Waals surface area contributed by atoms with Crippen molar-refractivity contribution in [3.8, 4) is 0 Å². The van der Waals surface area contributed by atoms with Crippen LogP contribution in [0.15, 0.2) is 18.7 Å². The van der Waals surface area contributed by atoms with Crippen molar-refractivity contribution in [2.24, 2.45) is 0 Å². The Bertz CT molecular complexity index is 365. The van der Waals surface area contributed by atoms with Gasteiger partial charge in [-0.1, -0.05) is 6.92 Å². The van der Waals surface area contributed by atoms with Gasteiger partial charge in [-0.25, -0.2) is 14.5 Å². The van der Waals surface area contributed by atoms with Crippen LogP contribution in [0.25, 0.3) is 5.65 Å². The summed E-state index contributed by atoms with van der Waals surface area (Å²) in [6, 6.07) is 1.94. The van der Waals surface area contributed by atoms with E-state index in [0.717, 1.165) is 17.8 Å². The summed E-state index contributed by atoms with van der Waals surface area (Å²) in [5.41, 5.74) is 1.90. The number of aryl methyl sites for hydroxylation is 1. The van der Waals surface area contributed by atoms with E-state index in [1.54, 1.807) is 10.8 Å². The van der Waals surface area contributed by atoms with Gasteiger partial charge in [0, 0.05) is 11.8 Å². The van der Waals surface area contributed by atoms with Gasteiger partial charge in [-0.05, 0) is 6.42 Å². The Morgan fingerprint density at radius 3 is 3.18 bits per heavy atom. The minimum atomic E-state index is 0.858. The van der Waals surface area contributed by atoms with Gasteiger partial charge in [0.05, 0.1) is 0 Å². The van der Waals surface area contributed by atoms with Crippen molar-refractivity contribution in [1.29, 1.82) is 0 Å². The average Bonchev–Trinajstić information content (AvgIpc) is 2.50. The Hall–Kier alpha value is -1.45. The third-order valence-electron chi connectivity index (χ3n) is 1.59. The number of nitrogens with zero attached hydrogens (tertiary/aromatic N) is 4. The largest absolute Gasteiger partial charge is 0.241 e. The van der Waals surface area contributed by atoms with Gasteiger partial charge in [-0.2, -0.15) is 5.10 Å². The van der Waals surface area contributed by atoms with Gasteiger partial charge < -0.3 is 0 Å². The Labute approximate surface area is 63.9 Å². The standard InChI is InChI=1S/C7H8N4/c1-2-6-3-7-8-4-10-11(7)5-9-6/h3-5H,2H2,1H3. The molecule has 0 bridgehead atoms. The molecule has 0 spiro atoms. The highest BCUT2D eigenvalue weighted by Gasteiger charge is 1.95. The molecule has 56 valence electrons. The molecule has 0 N–H and O–H groups in total. The van der Waals surface area contributed by atoms with Crippen LogP contribution in [0.5, 0.6) is 0 Å². The number of hydrogen-bond acceptors (Lipinski definition) is 3. The normalized spacial score (nSPS) is 10.6. The third-order valence-corrected chi connectivity index (χ3v) is 1.59. The highest BCUT2D eigenvalue weighted by molar-refractivity contribution is 5.36. The van der Waals surface area contributed by atoms with E-state index in [-0.39, 0.29) is 0 Å². The van der Waals surface area contributed by atoms with Gasteiger partial charge >= 0.3 is 0 Å². The first-order valence-electron chi connectivity index (χ1n) is 3.54. The lowest BCUT2D eigenvalue weighted by molar-refractivity contribution is 0.891. The van der Waals surface area contributed by atoms with E-state index in [4.69, 9.17) is 0 Å². The fourth-order valence-electron chi connectivity index (χ4n) is 0.960. The maximum Gasteiger partial charge on any atom is 0.158 e. The molecule has 0 fully saturated rings. The summed E-state index contributed by atoms with van der Waals surface area (Å²) >= 11 is 0. The van der Waals surface area contributed by atoms with E-state index in [1.165, 1.54) is 6.33 Å². The molecule has 0 aromatic carbocycles. The summed E-state index contributed by atoms with van der Waals surface area (Å²) in [6.45, 7) is 2.06. The number of hydrogen-bond donors (Lipinski definition) is 0. The maximum absolute atomic E-state index is 4.16. The smallest absolute Gasteiger partial charge is 0.158 e. The summed E-state index contributed by atoms with van der Waals surface area (Å²) in [4.78, 5) is 8.20. The van der Waals surface area contributed by atoms with Gasteiger partial charge in [0.1, 0.15) is 12.7 Å². The quantitative estimate of drug-likeness (QED) is 0.597. The minimum Gasteiger partial charge on any atom is -0.241 e. The number of aromatic nitrogens is 4. The predicted octanol–water partition coefficient (Wildman–Crippen LogP) is 0.687. The molecule has 0 amide bonds. The van der Waals surface area contributed by atoms with Crippen LogP contribution >= 0.6 is 0 Å². The molecule has 4 nitrogen and oxygen atoms in total. The summed E-state index contributed by atoms with van der Waals surface area (Å²) in [5.74, 6) is 0. The topological polar surface area (TPSA) is 43.1 Å². The Balaban J connectivity index is 2.67. The Morgan fingerprint density at radius 2 is 2.36 bits per heavy atom. The molecule has 0 aliphatic rings. The van der Waals surface area contributed by atoms with Crippen LogP contribution in [0.3, 0.4) is 0 Å². The highest BCUT2D eigenvalue weighted by Crippen LogP contribution is 1.99. The van der Waals surface area contributed by atoms with E-state index in [1.807, 2.05) is 6.07 Å². The van der Waals surface area contributed by atoms with Crippen molar-refractivity contribution in [3.63, 3.8) is 0 Å². The fourth-order valence-corrected chi connectivity index (χ4v) is 0.960. The Kier molecular flexibility index (Phi) is 1.31. The molecule has 2 rings (SSSR count). The lowest BCUT2D eigenvalue weighted by Gasteiger charge is -1.93.